The van der Waals surface area contributed by atoms with Crippen LogP contribution in [0.15, 0.2) is 78.9 Å². The smallest absolute Gasteiger partial charge is 0.258 e. The molecule has 0 spiro atoms. The van der Waals surface area contributed by atoms with Crippen molar-refractivity contribution in [3.05, 3.63) is 95.0 Å². The lowest BCUT2D eigenvalue weighted by Gasteiger charge is -2.21. The van der Waals surface area contributed by atoms with Gasteiger partial charge in [0.1, 0.15) is 0 Å². The van der Waals surface area contributed by atoms with Crippen LogP contribution in [0.25, 0.3) is 0 Å². The number of hydrogen-bond acceptors (Lipinski definition) is 2. The van der Waals surface area contributed by atoms with E-state index >= 15 is 0 Å². The van der Waals surface area contributed by atoms with E-state index in [2.05, 4.69) is 5.32 Å². The van der Waals surface area contributed by atoms with E-state index in [-0.39, 0.29) is 11.8 Å². The molecule has 0 saturated carbocycles. The molecule has 1 N–H and O–H groups in total. The lowest BCUT2D eigenvalue weighted by atomic mass is 10.1. The minimum atomic E-state index is -0.254. The van der Waals surface area contributed by atoms with Crippen molar-refractivity contribution in [2.75, 3.05) is 16.8 Å². The molecule has 0 fully saturated rings. The third kappa shape index (κ3) is 4.54. The van der Waals surface area contributed by atoms with Crippen molar-refractivity contribution in [3.63, 3.8) is 0 Å². The molecule has 0 aliphatic carbocycles. The van der Waals surface area contributed by atoms with Gasteiger partial charge in [0.05, 0.1) is 0 Å². The van der Waals surface area contributed by atoms with Gasteiger partial charge in [-0.05, 0) is 61.5 Å². The zero-order chi connectivity index (χ0) is 19.2. The van der Waals surface area contributed by atoms with Gasteiger partial charge in [-0.3, -0.25) is 9.59 Å². The van der Waals surface area contributed by atoms with E-state index in [1.807, 2.05) is 37.3 Å². The number of carbonyl (C=O) groups excluding carboxylic acids is 2. The number of hydrogen-bond donors (Lipinski definition) is 1. The average molecular weight is 379 g/mol. The molecule has 27 heavy (non-hydrogen) atoms. The zero-order valence-electron chi connectivity index (χ0n) is 14.9. The predicted molar refractivity (Wildman–Crippen MR) is 110 cm³/mol. The standard InChI is InChI=1S/C22H19ClN2O2/c1-2-25(20-9-4-3-5-10-20)22(27)16-11-13-19(14-12-16)24-21(26)17-7-6-8-18(23)15-17/h3-15H,2H2,1H3,(H,24,26). The summed E-state index contributed by atoms with van der Waals surface area (Å²) in [6.45, 7) is 2.50. The van der Waals surface area contributed by atoms with Gasteiger partial charge in [-0.2, -0.15) is 0 Å². The summed E-state index contributed by atoms with van der Waals surface area (Å²) >= 11 is 5.92. The van der Waals surface area contributed by atoms with Gasteiger partial charge in [-0.15, -0.1) is 0 Å². The molecule has 3 aromatic rings. The second kappa shape index (κ2) is 8.52. The number of rotatable bonds is 5. The van der Waals surface area contributed by atoms with Crippen molar-refractivity contribution in [1.82, 2.24) is 0 Å². The largest absolute Gasteiger partial charge is 0.322 e. The van der Waals surface area contributed by atoms with Gasteiger partial charge in [0.2, 0.25) is 0 Å². The van der Waals surface area contributed by atoms with Crippen LogP contribution in [0.5, 0.6) is 0 Å². The van der Waals surface area contributed by atoms with Gasteiger partial charge in [-0.25, -0.2) is 0 Å². The number of nitrogens with zero attached hydrogens (tertiary/aromatic N) is 1. The van der Waals surface area contributed by atoms with Crippen LogP contribution in [0.4, 0.5) is 11.4 Å². The highest BCUT2D eigenvalue weighted by molar-refractivity contribution is 6.31. The van der Waals surface area contributed by atoms with E-state index in [1.165, 1.54) is 0 Å². The molecule has 3 aromatic carbocycles. The Bertz CT molecular complexity index is 940. The van der Waals surface area contributed by atoms with Crippen molar-refractivity contribution in [1.29, 1.82) is 0 Å². The number of benzene rings is 3. The van der Waals surface area contributed by atoms with Crippen molar-refractivity contribution < 1.29 is 9.59 Å². The van der Waals surface area contributed by atoms with Crippen molar-refractivity contribution >= 4 is 34.8 Å². The van der Waals surface area contributed by atoms with E-state index < -0.39 is 0 Å². The van der Waals surface area contributed by atoms with Crippen LogP contribution in [0, 0.1) is 0 Å². The van der Waals surface area contributed by atoms with Gasteiger partial charge in [0.15, 0.2) is 0 Å². The number of nitrogens with one attached hydrogen (secondary N) is 1. The van der Waals surface area contributed by atoms with Crippen LogP contribution in [-0.2, 0) is 0 Å². The molecule has 0 heterocycles. The molecule has 0 aromatic heterocycles. The van der Waals surface area contributed by atoms with Gasteiger partial charge < -0.3 is 10.2 Å². The van der Waals surface area contributed by atoms with Crippen LogP contribution in [-0.4, -0.2) is 18.4 Å². The van der Waals surface area contributed by atoms with Crippen LogP contribution in [0.3, 0.4) is 0 Å². The third-order valence-corrected chi connectivity index (χ3v) is 4.34. The minimum Gasteiger partial charge on any atom is -0.322 e. The Labute approximate surface area is 163 Å². The number of para-hydroxylation sites is 1. The Morgan fingerprint density at radius 3 is 2.22 bits per heavy atom. The van der Waals surface area contributed by atoms with E-state index in [1.54, 1.807) is 53.4 Å². The second-order valence-corrected chi connectivity index (χ2v) is 6.36. The van der Waals surface area contributed by atoms with Crippen LogP contribution < -0.4 is 10.2 Å². The Balaban J connectivity index is 1.73. The monoisotopic (exact) mass is 378 g/mol. The molecule has 4 nitrogen and oxygen atoms in total. The summed E-state index contributed by atoms with van der Waals surface area (Å²) in [7, 11) is 0. The molecule has 5 heteroatoms. The quantitative estimate of drug-likeness (QED) is 0.658. The Morgan fingerprint density at radius 1 is 0.889 bits per heavy atom. The molecule has 136 valence electrons. The van der Waals surface area contributed by atoms with Gasteiger partial charge >= 0.3 is 0 Å². The van der Waals surface area contributed by atoms with Crippen LogP contribution in [0.2, 0.25) is 5.02 Å². The molecular weight excluding hydrogens is 360 g/mol. The van der Waals surface area contributed by atoms with E-state index in [9.17, 15) is 9.59 Å². The fraction of sp³-hybridized carbons (Fsp3) is 0.0909. The molecule has 0 aliphatic rings. The van der Waals surface area contributed by atoms with Crippen molar-refractivity contribution in [2.24, 2.45) is 0 Å². The van der Waals surface area contributed by atoms with E-state index in [4.69, 9.17) is 11.6 Å². The van der Waals surface area contributed by atoms with Gasteiger partial charge in [0.25, 0.3) is 11.8 Å². The second-order valence-electron chi connectivity index (χ2n) is 5.93. The highest BCUT2D eigenvalue weighted by atomic mass is 35.5. The van der Waals surface area contributed by atoms with E-state index in [0.29, 0.717) is 28.4 Å². The summed E-state index contributed by atoms with van der Waals surface area (Å²) in [6.07, 6.45) is 0. The Hall–Kier alpha value is -3.11. The zero-order valence-corrected chi connectivity index (χ0v) is 15.6. The SMILES string of the molecule is CCN(C(=O)c1ccc(NC(=O)c2cccc(Cl)c2)cc1)c1ccccc1. The van der Waals surface area contributed by atoms with Gasteiger partial charge in [0, 0.05) is 34.1 Å². The number of carbonyl (C=O) groups is 2. The summed E-state index contributed by atoms with van der Waals surface area (Å²) < 4.78 is 0. The first-order valence-corrected chi connectivity index (χ1v) is 9.00. The first kappa shape index (κ1) is 18.7. The molecule has 2 amide bonds. The minimum absolute atomic E-state index is 0.0867. The molecule has 0 unspecified atom stereocenters. The highest BCUT2D eigenvalue weighted by Crippen LogP contribution is 2.19. The first-order chi connectivity index (χ1) is 13.1. The molecule has 0 radical (unpaired) electrons. The molecule has 3 rings (SSSR count). The van der Waals surface area contributed by atoms with Crippen molar-refractivity contribution in [2.45, 2.75) is 6.92 Å². The fourth-order valence-electron chi connectivity index (χ4n) is 2.74. The lowest BCUT2D eigenvalue weighted by molar-refractivity contribution is 0.0987. The highest BCUT2D eigenvalue weighted by Gasteiger charge is 2.16. The van der Waals surface area contributed by atoms with Crippen molar-refractivity contribution in [3.8, 4) is 0 Å². The maximum atomic E-state index is 12.8. The number of anilines is 2. The lowest BCUT2D eigenvalue weighted by Crippen LogP contribution is -2.30. The third-order valence-electron chi connectivity index (χ3n) is 4.11. The maximum absolute atomic E-state index is 12.8. The summed E-state index contributed by atoms with van der Waals surface area (Å²) in [4.78, 5) is 26.8. The fourth-order valence-corrected chi connectivity index (χ4v) is 2.93. The molecule has 0 aliphatic heterocycles. The predicted octanol–water partition coefficient (Wildman–Crippen LogP) is 5.26. The summed E-state index contributed by atoms with van der Waals surface area (Å²) in [5.74, 6) is -0.340. The summed E-state index contributed by atoms with van der Waals surface area (Å²) in [6, 6.07) is 23.1. The van der Waals surface area contributed by atoms with E-state index in [0.717, 1.165) is 5.69 Å². The van der Waals surface area contributed by atoms with Crippen LogP contribution >= 0.6 is 11.6 Å². The summed E-state index contributed by atoms with van der Waals surface area (Å²) in [5, 5.41) is 3.31. The van der Waals surface area contributed by atoms with Crippen LogP contribution in [0.1, 0.15) is 27.6 Å². The average Bonchev–Trinajstić information content (AvgIpc) is 2.70. The molecule has 0 atom stereocenters. The molecule has 0 bridgehead atoms. The number of amides is 2. The Kier molecular flexibility index (Phi) is 5.89. The number of halogens is 1. The topological polar surface area (TPSA) is 49.4 Å². The van der Waals surface area contributed by atoms with Gasteiger partial charge in [-0.1, -0.05) is 35.9 Å². The first-order valence-electron chi connectivity index (χ1n) is 8.62. The Morgan fingerprint density at radius 2 is 1.59 bits per heavy atom. The maximum Gasteiger partial charge on any atom is 0.258 e. The normalized spacial score (nSPS) is 10.3. The molecular formula is C22H19ClN2O2. The summed E-state index contributed by atoms with van der Waals surface area (Å²) in [5.41, 5.74) is 2.49. The molecule has 0 saturated heterocycles.